The maximum Gasteiger partial charge on any atom is 0.320 e. The van der Waals surface area contributed by atoms with Gasteiger partial charge in [0.1, 0.15) is 17.1 Å². The number of hydrogen-bond donors (Lipinski definition) is 4. The molecule has 2 aromatic carbocycles. The minimum atomic E-state index is -0.537. The molecule has 224 valence electrons. The molecule has 3 amide bonds. The lowest BCUT2D eigenvalue weighted by Gasteiger charge is -2.24. The Hall–Kier alpha value is -4.91. The van der Waals surface area contributed by atoms with E-state index >= 15 is 0 Å². The number of fused-ring (bicyclic) bond motifs is 1. The number of aromatic amines is 1. The van der Waals surface area contributed by atoms with Gasteiger partial charge in [0.25, 0.3) is 11.5 Å². The molecule has 0 unspecified atom stereocenters. The summed E-state index contributed by atoms with van der Waals surface area (Å²) >= 11 is 0. The molecule has 2 fully saturated rings. The number of halogens is 1. The second kappa shape index (κ2) is 11.4. The maximum absolute atomic E-state index is 13.7. The lowest BCUT2D eigenvalue weighted by molar-refractivity contribution is 0.0947. The number of likely N-dealkylation sites (tertiary alicyclic amines) is 2. The molecule has 12 nitrogen and oxygen atoms in total. The Morgan fingerprint density at radius 3 is 2.60 bits per heavy atom. The van der Waals surface area contributed by atoms with Gasteiger partial charge in [0.05, 0.1) is 30.2 Å². The molecule has 4 aromatic rings. The molecule has 0 aliphatic carbocycles. The zero-order valence-corrected chi connectivity index (χ0v) is 23.5. The number of carbonyl (C=O) groups is 2. The molecule has 4 heterocycles. The van der Waals surface area contributed by atoms with Crippen LogP contribution < -0.4 is 21.3 Å². The molecule has 0 saturated carbocycles. The number of methoxy groups -OCH3 is 1. The Kier molecular flexibility index (Phi) is 7.48. The number of benzene rings is 2. The third-order valence-electron chi connectivity index (χ3n) is 8.17. The number of H-pyrrole nitrogens is 1. The van der Waals surface area contributed by atoms with E-state index in [-0.39, 0.29) is 41.3 Å². The fourth-order valence-electron chi connectivity index (χ4n) is 5.94. The predicted octanol–water partition coefficient (Wildman–Crippen LogP) is 2.48. The number of anilines is 1. The molecule has 5 N–H and O–H groups in total. The molecule has 2 aromatic heterocycles. The van der Waals surface area contributed by atoms with Gasteiger partial charge in [-0.05, 0) is 42.2 Å². The highest BCUT2D eigenvalue weighted by Gasteiger charge is 2.34. The molecule has 43 heavy (non-hydrogen) atoms. The summed E-state index contributed by atoms with van der Waals surface area (Å²) in [4.78, 5) is 42.1. The second-order valence-corrected chi connectivity index (χ2v) is 10.9. The number of carbonyl (C=O) groups excluding carboxylic acids is 2. The summed E-state index contributed by atoms with van der Waals surface area (Å²) in [5.74, 6) is -0.547. The van der Waals surface area contributed by atoms with Gasteiger partial charge < -0.3 is 35.3 Å². The summed E-state index contributed by atoms with van der Waals surface area (Å²) in [6, 6.07) is 10.9. The summed E-state index contributed by atoms with van der Waals surface area (Å²) in [6.07, 6.45) is 2.61. The third kappa shape index (κ3) is 5.39. The number of ether oxygens (including phenoxy) is 1. The van der Waals surface area contributed by atoms with Crippen LogP contribution in [-0.4, -0.2) is 81.0 Å². The zero-order valence-electron chi connectivity index (χ0n) is 23.5. The number of aromatic nitrogens is 3. The van der Waals surface area contributed by atoms with Crippen molar-refractivity contribution in [2.75, 3.05) is 39.0 Å². The number of β-amino-alcohol motifs (C(OH)–C–C–N with tert-alkyl or cyclic N) is 1. The SMILES string of the molecule is COc1ccc(F)cc1C(=O)NCc1ccc(-c2cn([C@@H]3CCN(C(=O)N4CC[C@H](O)C4)C3)c3c(=O)[nH]nc(N)c23)cc1. The van der Waals surface area contributed by atoms with E-state index in [2.05, 4.69) is 15.5 Å². The van der Waals surface area contributed by atoms with Crippen molar-refractivity contribution >= 4 is 28.7 Å². The van der Waals surface area contributed by atoms with Crippen molar-refractivity contribution in [3.8, 4) is 16.9 Å². The van der Waals surface area contributed by atoms with Gasteiger partial charge in [0, 0.05) is 44.5 Å². The molecular formula is C30H32FN7O5. The number of nitrogens with two attached hydrogens (primary N) is 1. The van der Waals surface area contributed by atoms with E-state index in [1.807, 2.05) is 35.0 Å². The first-order valence-corrected chi connectivity index (χ1v) is 14.0. The third-order valence-corrected chi connectivity index (χ3v) is 8.17. The van der Waals surface area contributed by atoms with E-state index in [9.17, 15) is 23.9 Å². The Balaban J connectivity index is 1.23. The average molecular weight is 590 g/mol. The largest absolute Gasteiger partial charge is 0.496 e. The number of amides is 3. The first-order valence-electron chi connectivity index (χ1n) is 14.0. The van der Waals surface area contributed by atoms with Crippen molar-refractivity contribution in [2.45, 2.75) is 31.5 Å². The van der Waals surface area contributed by atoms with Gasteiger partial charge in [0.15, 0.2) is 5.82 Å². The van der Waals surface area contributed by atoms with E-state index < -0.39 is 17.8 Å². The molecule has 0 spiro atoms. The molecular weight excluding hydrogens is 557 g/mol. The topological polar surface area (TPSA) is 159 Å². The number of nitrogens with one attached hydrogen (secondary N) is 2. The highest BCUT2D eigenvalue weighted by molar-refractivity contribution is 6.02. The van der Waals surface area contributed by atoms with Crippen molar-refractivity contribution < 1.29 is 23.8 Å². The number of rotatable bonds is 6. The van der Waals surface area contributed by atoms with E-state index in [1.54, 1.807) is 9.80 Å². The van der Waals surface area contributed by atoms with E-state index in [4.69, 9.17) is 10.5 Å². The number of nitrogen functional groups attached to an aromatic ring is 1. The van der Waals surface area contributed by atoms with Crippen LogP contribution in [0.15, 0.2) is 53.5 Å². The van der Waals surface area contributed by atoms with Crippen molar-refractivity contribution in [1.29, 1.82) is 0 Å². The van der Waals surface area contributed by atoms with Gasteiger partial charge in [0.2, 0.25) is 0 Å². The Morgan fingerprint density at radius 1 is 1.14 bits per heavy atom. The standard InChI is InChI=1S/C30H32FN7O5/c1-43-24-7-6-19(31)12-22(24)28(40)33-13-17-2-4-18(5-3-17)23-16-38(26-25(23)27(32)34-35-29(26)41)20-8-10-36(14-20)30(42)37-11-9-21(39)15-37/h2-7,12,16,20-21,39H,8-11,13-15H2,1H3,(H2,32,34)(H,33,40)(H,35,41)/t20-,21+/m1/s1. The van der Waals surface area contributed by atoms with Crippen molar-refractivity contribution in [2.24, 2.45) is 0 Å². The van der Waals surface area contributed by atoms with Crippen LogP contribution in [0.25, 0.3) is 22.0 Å². The van der Waals surface area contributed by atoms with Crippen LogP contribution in [-0.2, 0) is 6.54 Å². The van der Waals surface area contributed by atoms with Crippen LogP contribution in [0.3, 0.4) is 0 Å². The minimum absolute atomic E-state index is 0.102. The average Bonchev–Trinajstić information content (AvgIpc) is 3.77. The molecule has 2 aliphatic rings. The summed E-state index contributed by atoms with van der Waals surface area (Å²) in [5, 5.41) is 19.6. The fraction of sp³-hybridized carbons (Fsp3) is 0.333. The summed E-state index contributed by atoms with van der Waals surface area (Å²) in [5.41, 5.74) is 8.70. The van der Waals surface area contributed by atoms with Gasteiger partial charge in [-0.2, -0.15) is 5.10 Å². The zero-order chi connectivity index (χ0) is 30.2. The van der Waals surface area contributed by atoms with Crippen LogP contribution in [0.1, 0.15) is 34.8 Å². The monoisotopic (exact) mass is 589 g/mol. The lowest BCUT2D eigenvalue weighted by atomic mass is 10.0. The van der Waals surface area contributed by atoms with Gasteiger partial charge in [-0.15, -0.1) is 0 Å². The van der Waals surface area contributed by atoms with Crippen molar-refractivity contribution in [1.82, 2.24) is 29.9 Å². The Morgan fingerprint density at radius 2 is 1.88 bits per heavy atom. The summed E-state index contributed by atoms with van der Waals surface area (Å²) in [6.45, 7) is 2.01. The molecule has 2 aliphatic heterocycles. The lowest BCUT2D eigenvalue weighted by Crippen LogP contribution is -2.41. The predicted molar refractivity (Wildman–Crippen MR) is 157 cm³/mol. The van der Waals surface area contributed by atoms with Gasteiger partial charge in [-0.1, -0.05) is 24.3 Å². The van der Waals surface area contributed by atoms with Gasteiger partial charge in [-0.25, -0.2) is 14.3 Å². The highest BCUT2D eigenvalue weighted by atomic mass is 19.1. The molecule has 0 radical (unpaired) electrons. The van der Waals surface area contributed by atoms with Gasteiger partial charge >= 0.3 is 6.03 Å². The molecule has 2 saturated heterocycles. The number of urea groups is 1. The fourth-order valence-corrected chi connectivity index (χ4v) is 5.94. The van der Waals surface area contributed by atoms with Gasteiger partial charge in [-0.3, -0.25) is 9.59 Å². The number of hydrogen-bond acceptors (Lipinski definition) is 7. The quantitative estimate of drug-likeness (QED) is 0.269. The molecule has 6 rings (SSSR count). The summed E-state index contributed by atoms with van der Waals surface area (Å²) in [7, 11) is 1.42. The van der Waals surface area contributed by atoms with Crippen molar-refractivity contribution in [3.05, 3.63) is 76.0 Å². The van der Waals surface area contributed by atoms with Crippen LogP contribution in [0.4, 0.5) is 15.0 Å². The van der Waals surface area contributed by atoms with E-state index in [1.165, 1.54) is 19.2 Å². The second-order valence-electron chi connectivity index (χ2n) is 10.9. The van der Waals surface area contributed by atoms with Crippen LogP contribution in [0.5, 0.6) is 5.75 Å². The number of aliphatic hydroxyl groups is 1. The van der Waals surface area contributed by atoms with E-state index in [0.29, 0.717) is 49.9 Å². The number of aliphatic hydroxyl groups excluding tert-OH is 1. The normalized spacial score (nSPS) is 18.4. The summed E-state index contributed by atoms with van der Waals surface area (Å²) < 4.78 is 20.8. The minimum Gasteiger partial charge on any atom is -0.496 e. The van der Waals surface area contributed by atoms with Crippen LogP contribution >= 0.6 is 0 Å². The first-order chi connectivity index (χ1) is 20.7. The maximum atomic E-state index is 13.7. The highest BCUT2D eigenvalue weighted by Crippen LogP contribution is 2.36. The van der Waals surface area contributed by atoms with Crippen molar-refractivity contribution in [3.63, 3.8) is 0 Å². The Labute approximate surface area is 245 Å². The van der Waals surface area contributed by atoms with E-state index in [0.717, 1.165) is 22.8 Å². The molecule has 0 bridgehead atoms. The molecule has 2 atom stereocenters. The molecule has 13 heteroatoms. The van der Waals surface area contributed by atoms with Crippen LogP contribution in [0, 0.1) is 5.82 Å². The number of nitrogens with zero attached hydrogens (tertiary/aromatic N) is 4. The smallest absolute Gasteiger partial charge is 0.320 e. The Bertz CT molecular complexity index is 1750. The van der Waals surface area contributed by atoms with Crippen LogP contribution in [0.2, 0.25) is 0 Å². The first kappa shape index (κ1) is 28.2.